The average molecular weight is 223 g/mol. The number of halogens is 1. The fourth-order valence-electron chi connectivity index (χ4n) is 1.98. The summed E-state index contributed by atoms with van der Waals surface area (Å²) in [5.41, 5.74) is 1.05. The third kappa shape index (κ3) is 3.58. The zero-order valence-electron chi connectivity index (χ0n) is 9.42. The SMILES string of the molecule is Fc1cccc(CCNCC2CCOC2)c1. The van der Waals surface area contributed by atoms with Crippen molar-refractivity contribution in [2.24, 2.45) is 5.92 Å². The number of rotatable bonds is 5. The summed E-state index contributed by atoms with van der Waals surface area (Å²) in [6.45, 7) is 3.69. The Morgan fingerprint density at radius 1 is 1.44 bits per heavy atom. The third-order valence-electron chi connectivity index (χ3n) is 2.94. The van der Waals surface area contributed by atoms with Gasteiger partial charge in [0.15, 0.2) is 0 Å². The van der Waals surface area contributed by atoms with Gasteiger partial charge in [-0.1, -0.05) is 12.1 Å². The molecule has 0 spiro atoms. The molecule has 1 aromatic carbocycles. The lowest BCUT2D eigenvalue weighted by atomic mass is 10.1. The molecule has 0 aliphatic carbocycles. The second kappa shape index (κ2) is 5.97. The smallest absolute Gasteiger partial charge is 0.123 e. The van der Waals surface area contributed by atoms with Gasteiger partial charge < -0.3 is 10.1 Å². The van der Waals surface area contributed by atoms with E-state index in [4.69, 9.17) is 4.74 Å². The van der Waals surface area contributed by atoms with Crippen LogP contribution >= 0.6 is 0 Å². The monoisotopic (exact) mass is 223 g/mol. The molecule has 0 bridgehead atoms. The van der Waals surface area contributed by atoms with Gasteiger partial charge in [-0.2, -0.15) is 0 Å². The van der Waals surface area contributed by atoms with Crippen molar-refractivity contribution in [1.29, 1.82) is 0 Å². The van der Waals surface area contributed by atoms with Crippen LogP contribution < -0.4 is 5.32 Å². The van der Waals surface area contributed by atoms with Crippen molar-refractivity contribution in [3.63, 3.8) is 0 Å². The highest BCUT2D eigenvalue weighted by Gasteiger charge is 2.14. The van der Waals surface area contributed by atoms with E-state index in [0.29, 0.717) is 5.92 Å². The minimum Gasteiger partial charge on any atom is -0.381 e. The van der Waals surface area contributed by atoms with Crippen LogP contribution in [0.25, 0.3) is 0 Å². The predicted molar refractivity (Wildman–Crippen MR) is 61.9 cm³/mol. The summed E-state index contributed by atoms with van der Waals surface area (Å²) >= 11 is 0. The molecule has 1 aliphatic heterocycles. The standard InChI is InChI=1S/C13H18FNO/c14-13-3-1-2-11(8-13)4-6-15-9-12-5-7-16-10-12/h1-3,8,12,15H,4-7,9-10H2. The summed E-state index contributed by atoms with van der Waals surface area (Å²) in [4.78, 5) is 0. The van der Waals surface area contributed by atoms with Crippen LogP contribution in [0.1, 0.15) is 12.0 Å². The van der Waals surface area contributed by atoms with Gasteiger partial charge >= 0.3 is 0 Å². The van der Waals surface area contributed by atoms with Crippen LogP contribution in [0.3, 0.4) is 0 Å². The molecule has 1 unspecified atom stereocenters. The summed E-state index contributed by atoms with van der Waals surface area (Å²) in [6, 6.07) is 6.80. The van der Waals surface area contributed by atoms with Crippen LogP contribution in [-0.4, -0.2) is 26.3 Å². The number of ether oxygens (including phenoxy) is 1. The van der Waals surface area contributed by atoms with E-state index in [-0.39, 0.29) is 5.82 Å². The largest absolute Gasteiger partial charge is 0.381 e. The number of hydrogen-bond donors (Lipinski definition) is 1. The lowest BCUT2D eigenvalue weighted by Gasteiger charge is -2.09. The second-order valence-corrected chi connectivity index (χ2v) is 4.31. The Morgan fingerprint density at radius 2 is 2.38 bits per heavy atom. The molecule has 88 valence electrons. The Kier molecular flexibility index (Phi) is 4.31. The fraction of sp³-hybridized carbons (Fsp3) is 0.538. The summed E-state index contributed by atoms with van der Waals surface area (Å²) in [7, 11) is 0. The molecule has 0 radical (unpaired) electrons. The molecule has 1 atom stereocenters. The summed E-state index contributed by atoms with van der Waals surface area (Å²) in [5.74, 6) is 0.509. The van der Waals surface area contributed by atoms with Gasteiger partial charge in [-0.25, -0.2) is 4.39 Å². The maximum Gasteiger partial charge on any atom is 0.123 e. The topological polar surface area (TPSA) is 21.3 Å². The Balaban J connectivity index is 1.64. The highest BCUT2D eigenvalue weighted by atomic mass is 19.1. The molecule has 3 heteroatoms. The summed E-state index contributed by atoms with van der Waals surface area (Å²) in [6.07, 6.45) is 2.04. The third-order valence-corrected chi connectivity index (χ3v) is 2.94. The van der Waals surface area contributed by atoms with E-state index in [0.717, 1.165) is 44.7 Å². The van der Waals surface area contributed by atoms with Gasteiger partial charge in [-0.15, -0.1) is 0 Å². The summed E-state index contributed by atoms with van der Waals surface area (Å²) < 4.78 is 18.2. The lowest BCUT2D eigenvalue weighted by Crippen LogP contribution is -2.25. The maximum atomic E-state index is 12.9. The molecule has 2 nitrogen and oxygen atoms in total. The number of benzene rings is 1. The number of hydrogen-bond acceptors (Lipinski definition) is 2. The van der Waals surface area contributed by atoms with E-state index >= 15 is 0 Å². The molecule has 1 saturated heterocycles. The predicted octanol–water partition coefficient (Wildman–Crippen LogP) is 1.99. The van der Waals surface area contributed by atoms with Crippen LogP contribution in [0.15, 0.2) is 24.3 Å². The minimum atomic E-state index is -0.151. The molecule has 0 aromatic heterocycles. The highest BCUT2D eigenvalue weighted by molar-refractivity contribution is 5.16. The molecule has 1 aliphatic rings. The molecule has 2 rings (SSSR count). The van der Waals surface area contributed by atoms with E-state index in [1.54, 1.807) is 12.1 Å². The van der Waals surface area contributed by atoms with Crippen molar-refractivity contribution in [2.75, 3.05) is 26.3 Å². The van der Waals surface area contributed by atoms with Gasteiger partial charge in [0.2, 0.25) is 0 Å². The Hall–Kier alpha value is -0.930. The molecule has 1 N–H and O–H groups in total. The Morgan fingerprint density at radius 3 is 3.12 bits per heavy atom. The van der Waals surface area contributed by atoms with E-state index < -0.39 is 0 Å². The normalized spacial score (nSPS) is 20.2. The molecular formula is C13H18FNO. The second-order valence-electron chi connectivity index (χ2n) is 4.31. The fourth-order valence-corrected chi connectivity index (χ4v) is 1.98. The maximum absolute atomic E-state index is 12.9. The summed E-state index contributed by atoms with van der Waals surface area (Å²) in [5, 5.41) is 3.39. The first-order valence-electron chi connectivity index (χ1n) is 5.87. The molecule has 16 heavy (non-hydrogen) atoms. The van der Waals surface area contributed by atoms with Crippen molar-refractivity contribution >= 4 is 0 Å². The van der Waals surface area contributed by atoms with Crippen LogP contribution in [0.5, 0.6) is 0 Å². The minimum absolute atomic E-state index is 0.151. The number of nitrogens with one attached hydrogen (secondary N) is 1. The molecule has 1 aromatic rings. The molecular weight excluding hydrogens is 205 g/mol. The first kappa shape index (κ1) is 11.6. The molecule has 0 saturated carbocycles. The highest BCUT2D eigenvalue weighted by Crippen LogP contribution is 2.10. The molecule has 0 amide bonds. The first-order chi connectivity index (χ1) is 7.84. The Labute approximate surface area is 95.8 Å². The zero-order chi connectivity index (χ0) is 11.2. The average Bonchev–Trinajstić information content (AvgIpc) is 2.77. The van der Waals surface area contributed by atoms with Gasteiger partial charge in [-0.3, -0.25) is 0 Å². The van der Waals surface area contributed by atoms with Gasteiger partial charge in [0.25, 0.3) is 0 Å². The van der Waals surface area contributed by atoms with Gasteiger partial charge in [0, 0.05) is 13.2 Å². The van der Waals surface area contributed by atoms with Gasteiger partial charge in [0.05, 0.1) is 6.61 Å². The van der Waals surface area contributed by atoms with Crippen LogP contribution in [0.4, 0.5) is 4.39 Å². The van der Waals surface area contributed by atoms with Crippen molar-refractivity contribution in [3.05, 3.63) is 35.6 Å². The van der Waals surface area contributed by atoms with Crippen molar-refractivity contribution in [3.8, 4) is 0 Å². The van der Waals surface area contributed by atoms with E-state index in [1.165, 1.54) is 6.07 Å². The van der Waals surface area contributed by atoms with E-state index in [1.807, 2.05) is 6.07 Å². The lowest BCUT2D eigenvalue weighted by molar-refractivity contribution is 0.185. The molecule has 1 fully saturated rings. The van der Waals surface area contributed by atoms with Crippen LogP contribution in [-0.2, 0) is 11.2 Å². The van der Waals surface area contributed by atoms with E-state index in [2.05, 4.69) is 5.32 Å². The van der Waals surface area contributed by atoms with Crippen molar-refractivity contribution < 1.29 is 9.13 Å². The van der Waals surface area contributed by atoms with Crippen molar-refractivity contribution in [2.45, 2.75) is 12.8 Å². The van der Waals surface area contributed by atoms with Gasteiger partial charge in [-0.05, 0) is 43.0 Å². The quantitative estimate of drug-likeness (QED) is 0.771. The Bertz CT molecular complexity index is 323. The van der Waals surface area contributed by atoms with Gasteiger partial charge in [0.1, 0.15) is 5.82 Å². The van der Waals surface area contributed by atoms with Crippen LogP contribution in [0.2, 0.25) is 0 Å². The zero-order valence-corrected chi connectivity index (χ0v) is 9.42. The van der Waals surface area contributed by atoms with Crippen molar-refractivity contribution in [1.82, 2.24) is 5.32 Å². The first-order valence-corrected chi connectivity index (χ1v) is 5.87. The van der Waals surface area contributed by atoms with E-state index in [9.17, 15) is 4.39 Å². The van der Waals surface area contributed by atoms with Crippen LogP contribution in [0, 0.1) is 11.7 Å². The molecule has 1 heterocycles.